The Balaban J connectivity index is 4.02. The molecule has 0 saturated carbocycles. The van der Waals surface area contributed by atoms with Crippen molar-refractivity contribution in [2.24, 2.45) is 0 Å². The van der Waals surface area contributed by atoms with Crippen molar-refractivity contribution in [2.45, 2.75) is 12.2 Å². The van der Waals surface area contributed by atoms with Crippen molar-refractivity contribution in [3.63, 3.8) is 0 Å². The number of Topliss-reactive ketones (excluding diaryl/α,β-unsaturated/α-hetero) is 1. The van der Waals surface area contributed by atoms with E-state index in [1.165, 1.54) is 0 Å². The fourth-order valence-corrected chi connectivity index (χ4v) is 0.361. The summed E-state index contributed by atoms with van der Waals surface area (Å²) in [5.74, 6) is -1.16. The Morgan fingerprint density at radius 1 is 1.40 bits per heavy atom. The van der Waals surface area contributed by atoms with Crippen LogP contribution in [0.5, 0.6) is 0 Å². The number of carbonyl (C=O) groups excluding carboxylic acids is 1. The molecule has 0 aromatic heterocycles. The van der Waals surface area contributed by atoms with Crippen molar-refractivity contribution < 1.29 is 26.6 Å². The maximum atomic E-state index is 10.6. The van der Waals surface area contributed by atoms with Gasteiger partial charge >= 0.3 is 0 Å². The van der Waals surface area contributed by atoms with Gasteiger partial charge in [-0.3, -0.25) is 4.79 Å². The van der Waals surface area contributed by atoms with Gasteiger partial charge < -0.3 is 20.4 Å². The zero-order valence-corrected chi connectivity index (χ0v) is 5.14. The second-order valence-corrected chi connectivity index (χ2v) is 1.69. The van der Waals surface area contributed by atoms with E-state index in [2.05, 4.69) is 0 Å². The second kappa shape index (κ2) is 4.35. The lowest BCUT2D eigenvalue weighted by molar-refractivity contribution is -0.139. The van der Waals surface area contributed by atoms with Gasteiger partial charge in [-0.15, -0.1) is 0 Å². The molecule has 5 nitrogen and oxygen atoms in total. The van der Waals surface area contributed by atoms with E-state index in [9.17, 15) is 4.79 Å². The van der Waals surface area contributed by atoms with Crippen LogP contribution < -0.4 is 0 Å². The number of carbonyl (C=O) groups is 1. The molecule has 0 bridgehead atoms. The average molecular weight is 151 g/mol. The Labute approximate surface area is 58.9 Å². The minimum Gasteiger partial charge on any atom is -0.393 e. The largest absolute Gasteiger partial charge is 0.393 e. The SMILES string of the molecule is [2H]C(O)[C@H](O)C(=O)[C@H](O)CO. The van der Waals surface area contributed by atoms with Crippen molar-refractivity contribution >= 4 is 5.78 Å². The normalized spacial score (nSPS) is 21.0. The standard InChI is InChI=1S/C5H10O5/c6-1-3(8)5(10)4(9)2-7/h3-4,6-9H,1-2H2/t3-,4+/i1D/t1?,3-,4+/m0/s1. The first-order valence-electron chi connectivity index (χ1n) is 3.19. The number of aliphatic hydroxyl groups is 4. The van der Waals surface area contributed by atoms with Gasteiger partial charge in [-0.2, -0.15) is 0 Å². The first-order chi connectivity index (χ1) is 5.00. The van der Waals surface area contributed by atoms with Crippen molar-refractivity contribution in [3.05, 3.63) is 0 Å². The zero-order valence-electron chi connectivity index (χ0n) is 6.14. The van der Waals surface area contributed by atoms with Crippen LogP contribution in [0.3, 0.4) is 0 Å². The summed E-state index contributed by atoms with van der Waals surface area (Å²) >= 11 is 0. The molecule has 0 aromatic rings. The highest BCUT2D eigenvalue weighted by molar-refractivity contribution is 5.87. The van der Waals surface area contributed by atoms with Gasteiger partial charge in [0.15, 0.2) is 5.78 Å². The van der Waals surface area contributed by atoms with E-state index in [0.29, 0.717) is 0 Å². The molecule has 3 atom stereocenters. The molecule has 5 heteroatoms. The monoisotopic (exact) mass is 151 g/mol. The molecule has 4 N–H and O–H groups in total. The maximum absolute atomic E-state index is 10.6. The second-order valence-electron chi connectivity index (χ2n) is 1.69. The van der Waals surface area contributed by atoms with Crippen molar-refractivity contribution in [3.8, 4) is 0 Å². The van der Waals surface area contributed by atoms with Gasteiger partial charge in [-0.25, -0.2) is 0 Å². The number of rotatable bonds is 4. The van der Waals surface area contributed by atoms with Gasteiger partial charge in [-0.05, 0) is 0 Å². The number of ketones is 1. The quantitative estimate of drug-likeness (QED) is 0.349. The summed E-state index contributed by atoms with van der Waals surface area (Å²) in [6.07, 6.45) is -3.69. The Bertz CT molecular complexity index is 137. The minimum atomic E-state index is -1.98. The van der Waals surface area contributed by atoms with E-state index < -0.39 is 31.2 Å². The molecule has 0 fully saturated rings. The van der Waals surface area contributed by atoms with Crippen molar-refractivity contribution in [1.82, 2.24) is 0 Å². The third-order valence-electron chi connectivity index (χ3n) is 0.934. The zero-order chi connectivity index (χ0) is 9.02. The summed E-state index contributed by atoms with van der Waals surface area (Å²) in [6, 6.07) is 0. The lowest BCUT2D eigenvalue weighted by Gasteiger charge is -2.08. The minimum absolute atomic E-state index is 0.831. The molecule has 0 rings (SSSR count). The van der Waals surface area contributed by atoms with Gasteiger partial charge in [0.1, 0.15) is 12.2 Å². The van der Waals surface area contributed by atoms with Gasteiger partial charge in [-0.1, -0.05) is 0 Å². The van der Waals surface area contributed by atoms with E-state index in [4.69, 9.17) is 21.8 Å². The highest BCUT2D eigenvalue weighted by atomic mass is 16.3. The molecule has 1 unspecified atom stereocenters. The molecule has 0 aliphatic rings. The topological polar surface area (TPSA) is 98.0 Å². The third kappa shape index (κ3) is 2.40. The van der Waals surface area contributed by atoms with Crippen LogP contribution in [-0.2, 0) is 4.79 Å². The first kappa shape index (κ1) is 7.62. The van der Waals surface area contributed by atoms with Crippen LogP contribution in [0.25, 0.3) is 0 Å². The molecule has 0 spiro atoms. The summed E-state index contributed by atoms with van der Waals surface area (Å²) in [6.45, 7) is -2.81. The molecule has 0 heterocycles. The first-order valence-corrected chi connectivity index (χ1v) is 2.61. The molecule has 60 valence electrons. The predicted molar refractivity (Wildman–Crippen MR) is 31.2 cm³/mol. The highest BCUT2D eigenvalue weighted by Crippen LogP contribution is 1.90. The van der Waals surface area contributed by atoms with Gasteiger partial charge in [0.05, 0.1) is 14.6 Å². The average Bonchev–Trinajstić information content (AvgIpc) is 2.00. The number of hydrogen-bond acceptors (Lipinski definition) is 5. The van der Waals surface area contributed by atoms with E-state index in [1.807, 2.05) is 0 Å². The van der Waals surface area contributed by atoms with Crippen LogP contribution in [0.15, 0.2) is 0 Å². The Kier molecular flexibility index (Phi) is 3.31. The maximum Gasteiger partial charge on any atom is 0.194 e. The summed E-state index contributed by atoms with van der Waals surface area (Å²) in [7, 11) is 0. The van der Waals surface area contributed by atoms with Crippen LogP contribution in [0.4, 0.5) is 0 Å². The smallest absolute Gasteiger partial charge is 0.194 e. The summed E-state index contributed by atoms with van der Waals surface area (Å²) < 4.78 is 6.47. The molecule has 0 aliphatic heterocycles. The van der Waals surface area contributed by atoms with Crippen LogP contribution in [0.1, 0.15) is 1.37 Å². The molecule has 0 saturated heterocycles. The molecule has 0 aromatic carbocycles. The lowest BCUT2D eigenvalue weighted by atomic mass is 10.1. The van der Waals surface area contributed by atoms with Crippen molar-refractivity contribution in [1.29, 1.82) is 0 Å². The molecular weight excluding hydrogens is 140 g/mol. The number of hydrogen-bond donors (Lipinski definition) is 4. The molecule has 10 heavy (non-hydrogen) atoms. The van der Waals surface area contributed by atoms with Crippen molar-refractivity contribution in [2.75, 3.05) is 13.2 Å². The fraction of sp³-hybridized carbons (Fsp3) is 0.800. The van der Waals surface area contributed by atoms with E-state index in [-0.39, 0.29) is 0 Å². The molecule has 0 amide bonds. The lowest BCUT2D eigenvalue weighted by Crippen LogP contribution is -2.36. The van der Waals surface area contributed by atoms with E-state index in [0.717, 1.165) is 0 Å². The molecule has 0 radical (unpaired) electrons. The Morgan fingerprint density at radius 3 is 2.20 bits per heavy atom. The van der Waals surface area contributed by atoms with Crippen LogP contribution >= 0.6 is 0 Å². The van der Waals surface area contributed by atoms with Crippen LogP contribution in [0.2, 0.25) is 0 Å². The van der Waals surface area contributed by atoms with Gasteiger partial charge in [0, 0.05) is 0 Å². The number of aliphatic hydroxyl groups excluding tert-OH is 4. The van der Waals surface area contributed by atoms with Gasteiger partial charge in [0.2, 0.25) is 0 Å². The van der Waals surface area contributed by atoms with E-state index >= 15 is 0 Å². The summed E-state index contributed by atoms with van der Waals surface area (Å²) in [5.41, 5.74) is 0. The Morgan fingerprint density at radius 2 is 1.90 bits per heavy atom. The third-order valence-corrected chi connectivity index (χ3v) is 0.934. The molecular formula is C5H10O5. The van der Waals surface area contributed by atoms with Crippen LogP contribution in [0, 0.1) is 0 Å². The summed E-state index contributed by atoms with van der Waals surface area (Å²) in [5, 5.41) is 33.8. The predicted octanol–water partition coefficient (Wildman–Crippen LogP) is -2.74. The Hall–Kier alpha value is -0.490. The summed E-state index contributed by atoms with van der Waals surface area (Å²) in [4.78, 5) is 10.6. The van der Waals surface area contributed by atoms with Crippen LogP contribution in [-0.4, -0.2) is 51.6 Å². The van der Waals surface area contributed by atoms with Gasteiger partial charge in [0.25, 0.3) is 0 Å². The fourth-order valence-electron chi connectivity index (χ4n) is 0.361. The molecule has 0 aliphatic carbocycles. The van der Waals surface area contributed by atoms with E-state index in [1.54, 1.807) is 0 Å². The highest BCUT2D eigenvalue weighted by Gasteiger charge is 2.21.